The van der Waals surface area contributed by atoms with Crippen LogP contribution < -0.4 is 21.6 Å². The number of hydrogen-bond donors (Lipinski definition) is 3. The summed E-state index contributed by atoms with van der Waals surface area (Å²) in [7, 11) is 0. The minimum Gasteiger partial charge on any atom is -0.422 e. The Morgan fingerprint density at radius 1 is 0.794 bits per heavy atom. The minimum atomic E-state index is -0.374. The van der Waals surface area contributed by atoms with Crippen LogP contribution in [-0.2, 0) is 0 Å². The molecule has 2 heterocycles. The molecule has 8 heteroatoms. The van der Waals surface area contributed by atoms with Crippen LogP contribution in [-0.4, -0.2) is 28.0 Å². The van der Waals surface area contributed by atoms with Crippen molar-refractivity contribution >= 4 is 34.5 Å². The highest BCUT2D eigenvalue weighted by molar-refractivity contribution is 5.84. The lowest BCUT2D eigenvalue weighted by Crippen LogP contribution is -2.12. The van der Waals surface area contributed by atoms with Gasteiger partial charge in [0.1, 0.15) is 5.58 Å². The summed E-state index contributed by atoms with van der Waals surface area (Å²) in [6.07, 6.45) is 4.22. The normalized spacial score (nSPS) is 10.9. The SMILES string of the molecule is CCCCNc1nc(NCCCC)nc(Nc2ccc3cc(-c4ccccc4)c(=O)oc3c2)n1. The van der Waals surface area contributed by atoms with E-state index >= 15 is 0 Å². The van der Waals surface area contributed by atoms with Crippen molar-refractivity contribution in [3.8, 4) is 11.1 Å². The zero-order valence-corrected chi connectivity index (χ0v) is 19.6. The average Bonchev–Trinajstić information content (AvgIpc) is 2.84. The van der Waals surface area contributed by atoms with E-state index in [-0.39, 0.29) is 5.63 Å². The predicted octanol–water partition coefficient (Wildman–Crippen LogP) is 5.81. The molecule has 0 aliphatic rings. The van der Waals surface area contributed by atoms with E-state index in [1.54, 1.807) is 6.07 Å². The summed E-state index contributed by atoms with van der Waals surface area (Å²) in [5.74, 6) is 1.45. The molecule has 0 amide bonds. The molecule has 0 saturated heterocycles. The lowest BCUT2D eigenvalue weighted by Gasteiger charge is -2.11. The second-order valence-electron chi connectivity index (χ2n) is 8.06. The summed E-state index contributed by atoms with van der Waals surface area (Å²) in [6.45, 7) is 5.86. The Kier molecular flexibility index (Phi) is 7.70. The van der Waals surface area contributed by atoms with Gasteiger partial charge in [-0.2, -0.15) is 15.0 Å². The Labute approximate surface area is 198 Å². The van der Waals surface area contributed by atoms with E-state index in [2.05, 4.69) is 44.7 Å². The molecular formula is C26H30N6O2. The standard InChI is InChI=1S/C26H30N6O2/c1-3-5-14-27-24-30-25(28-15-6-4-2)32-26(31-24)29-20-13-12-19-16-21(18-10-8-7-9-11-18)23(33)34-22(19)17-20/h7-13,16-17H,3-6,14-15H2,1-2H3,(H3,27,28,29,30,31,32). The molecule has 34 heavy (non-hydrogen) atoms. The fourth-order valence-electron chi connectivity index (χ4n) is 3.48. The van der Waals surface area contributed by atoms with E-state index in [4.69, 9.17) is 4.42 Å². The third kappa shape index (κ3) is 5.89. The molecule has 4 rings (SSSR count). The maximum Gasteiger partial charge on any atom is 0.344 e. The zero-order chi connectivity index (χ0) is 23.8. The molecule has 176 valence electrons. The Morgan fingerprint density at radius 2 is 1.44 bits per heavy atom. The molecule has 0 bridgehead atoms. The van der Waals surface area contributed by atoms with E-state index in [0.29, 0.717) is 34.7 Å². The topological polar surface area (TPSA) is 105 Å². The van der Waals surface area contributed by atoms with Gasteiger partial charge in [0.25, 0.3) is 0 Å². The number of fused-ring (bicyclic) bond motifs is 1. The van der Waals surface area contributed by atoms with Crippen LogP contribution in [0.4, 0.5) is 23.5 Å². The summed E-state index contributed by atoms with van der Waals surface area (Å²) in [4.78, 5) is 26.1. The van der Waals surface area contributed by atoms with Gasteiger partial charge in [-0.15, -0.1) is 0 Å². The smallest absolute Gasteiger partial charge is 0.344 e. The van der Waals surface area contributed by atoms with Crippen LogP contribution in [0, 0.1) is 0 Å². The number of nitrogens with one attached hydrogen (secondary N) is 3. The van der Waals surface area contributed by atoms with Gasteiger partial charge in [0, 0.05) is 30.2 Å². The summed E-state index contributed by atoms with van der Waals surface area (Å²) < 4.78 is 5.63. The number of unbranched alkanes of at least 4 members (excludes halogenated alkanes) is 2. The fourth-order valence-corrected chi connectivity index (χ4v) is 3.48. The quantitative estimate of drug-likeness (QED) is 0.191. The van der Waals surface area contributed by atoms with Gasteiger partial charge >= 0.3 is 5.63 Å². The molecule has 4 aromatic rings. The van der Waals surface area contributed by atoms with Gasteiger partial charge in [-0.3, -0.25) is 0 Å². The van der Waals surface area contributed by atoms with Crippen LogP contribution >= 0.6 is 0 Å². The monoisotopic (exact) mass is 458 g/mol. The Hall–Kier alpha value is -3.94. The zero-order valence-electron chi connectivity index (χ0n) is 19.6. The lowest BCUT2D eigenvalue weighted by atomic mass is 10.1. The minimum absolute atomic E-state index is 0.374. The average molecular weight is 459 g/mol. The number of anilines is 4. The number of aromatic nitrogens is 3. The van der Waals surface area contributed by atoms with E-state index < -0.39 is 0 Å². The van der Waals surface area contributed by atoms with Crippen molar-refractivity contribution in [1.82, 2.24) is 15.0 Å². The van der Waals surface area contributed by atoms with Crippen LogP contribution in [0.3, 0.4) is 0 Å². The maximum atomic E-state index is 12.6. The molecule has 2 aromatic heterocycles. The number of hydrogen-bond acceptors (Lipinski definition) is 8. The van der Waals surface area contributed by atoms with Crippen molar-refractivity contribution in [2.75, 3.05) is 29.0 Å². The van der Waals surface area contributed by atoms with Crippen molar-refractivity contribution < 1.29 is 4.42 Å². The van der Waals surface area contributed by atoms with E-state index in [0.717, 1.165) is 49.7 Å². The number of benzene rings is 2. The molecule has 0 radical (unpaired) electrons. The Morgan fingerprint density at radius 3 is 2.09 bits per heavy atom. The van der Waals surface area contributed by atoms with Crippen molar-refractivity contribution in [2.24, 2.45) is 0 Å². The van der Waals surface area contributed by atoms with E-state index in [1.165, 1.54) is 0 Å². The number of nitrogens with zero attached hydrogens (tertiary/aromatic N) is 3. The lowest BCUT2D eigenvalue weighted by molar-refractivity contribution is 0.563. The molecular weight excluding hydrogens is 428 g/mol. The molecule has 3 N–H and O–H groups in total. The first-order chi connectivity index (χ1) is 16.7. The number of rotatable bonds is 11. The van der Waals surface area contributed by atoms with Crippen LogP contribution in [0.5, 0.6) is 0 Å². The van der Waals surface area contributed by atoms with Gasteiger partial charge in [-0.25, -0.2) is 4.79 Å². The maximum absolute atomic E-state index is 12.6. The summed E-state index contributed by atoms with van der Waals surface area (Å²) >= 11 is 0. The fraction of sp³-hybridized carbons (Fsp3) is 0.308. The molecule has 0 aliphatic carbocycles. The van der Waals surface area contributed by atoms with Gasteiger partial charge < -0.3 is 20.4 Å². The first-order valence-electron chi connectivity index (χ1n) is 11.8. The highest BCUT2D eigenvalue weighted by Crippen LogP contribution is 2.25. The first-order valence-corrected chi connectivity index (χ1v) is 11.8. The third-order valence-corrected chi connectivity index (χ3v) is 5.34. The third-order valence-electron chi connectivity index (χ3n) is 5.34. The summed E-state index contributed by atoms with van der Waals surface area (Å²) in [6, 6.07) is 17.0. The highest BCUT2D eigenvalue weighted by Gasteiger charge is 2.10. The molecule has 0 atom stereocenters. The largest absolute Gasteiger partial charge is 0.422 e. The van der Waals surface area contributed by atoms with Gasteiger partial charge in [-0.05, 0) is 36.6 Å². The Bertz CT molecular complexity index is 1260. The predicted molar refractivity (Wildman–Crippen MR) is 138 cm³/mol. The molecule has 8 nitrogen and oxygen atoms in total. The van der Waals surface area contributed by atoms with Crippen LogP contribution in [0.15, 0.2) is 63.8 Å². The summed E-state index contributed by atoms with van der Waals surface area (Å²) in [5.41, 5.74) is 2.20. The van der Waals surface area contributed by atoms with Crippen molar-refractivity contribution in [1.29, 1.82) is 0 Å². The molecule has 0 unspecified atom stereocenters. The molecule has 0 saturated carbocycles. The van der Waals surface area contributed by atoms with Gasteiger partial charge in [-0.1, -0.05) is 57.0 Å². The summed E-state index contributed by atoms with van der Waals surface area (Å²) in [5, 5.41) is 10.6. The van der Waals surface area contributed by atoms with Crippen molar-refractivity contribution in [2.45, 2.75) is 39.5 Å². The highest BCUT2D eigenvalue weighted by atomic mass is 16.4. The van der Waals surface area contributed by atoms with Crippen molar-refractivity contribution in [3.63, 3.8) is 0 Å². The van der Waals surface area contributed by atoms with Gasteiger partial charge in [0.05, 0.1) is 5.56 Å². The molecule has 0 spiro atoms. The van der Waals surface area contributed by atoms with Crippen molar-refractivity contribution in [3.05, 3.63) is 65.0 Å². The van der Waals surface area contributed by atoms with Crippen LogP contribution in [0.2, 0.25) is 0 Å². The molecule has 2 aromatic carbocycles. The van der Waals surface area contributed by atoms with E-state index in [9.17, 15) is 4.79 Å². The first kappa shape index (κ1) is 23.2. The second-order valence-corrected chi connectivity index (χ2v) is 8.06. The van der Waals surface area contributed by atoms with E-state index in [1.807, 2.05) is 48.5 Å². The molecule has 0 aliphatic heterocycles. The Balaban J connectivity index is 1.59. The second kappa shape index (κ2) is 11.3. The molecule has 0 fully saturated rings. The van der Waals surface area contributed by atoms with Gasteiger partial charge in [0.2, 0.25) is 17.8 Å². The van der Waals surface area contributed by atoms with Crippen LogP contribution in [0.1, 0.15) is 39.5 Å². The van der Waals surface area contributed by atoms with Gasteiger partial charge in [0.15, 0.2) is 0 Å². The van der Waals surface area contributed by atoms with Crippen LogP contribution in [0.25, 0.3) is 22.1 Å².